The van der Waals surface area contributed by atoms with Gasteiger partial charge in [-0.1, -0.05) is 37.3 Å². The van der Waals surface area contributed by atoms with Crippen molar-refractivity contribution < 1.29 is 14.6 Å². The van der Waals surface area contributed by atoms with E-state index in [2.05, 4.69) is 29.7 Å². The lowest BCUT2D eigenvalue weighted by Gasteiger charge is -2.19. The summed E-state index contributed by atoms with van der Waals surface area (Å²) in [6.45, 7) is 7.28. The van der Waals surface area contributed by atoms with Crippen molar-refractivity contribution in [3.05, 3.63) is 89.2 Å². The van der Waals surface area contributed by atoms with E-state index in [1.807, 2.05) is 67.3 Å². The molecule has 0 aliphatic carbocycles. The second kappa shape index (κ2) is 10.2. The molecule has 6 heteroatoms. The molecule has 0 saturated carbocycles. The Kier molecular flexibility index (Phi) is 6.79. The van der Waals surface area contributed by atoms with Crippen LogP contribution < -0.4 is 9.64 Å². The van der Waals surface area contributed by atoms with Gasteiger partial charge >= 0.3 is 0 Å². The van der Waals surface area contributed by atoms with E-state index in [1.165, 1.54) is 5.56 Å². The van der Waals surface area contributed by atoms with Crippen molar-refractivity contribution >= 4 is 22.6 Å². The number of para-hydroxylation sites is 2. The zero-order chi connectivity index (χ0) is 25.2. The summed E-state index contributed by atoms with van der Waals surface area (Å²) in [5.74, 6) is 1.64. The van der Waals surface area contributed by atoms with Crippen molar-refractivity contribution in [3.63, 3.8) is 0 Å². The van der Waals surface area contributed by atoms with Crippen LogP contribution in [0.1, 0.15) is 41.8 Å². The van der Waals surface area contributed by atoms with Gasteiger partial charge in [0.2, 0.25) is 5.91 Å². The third kappa shape index (κ3) is 5.00. The number of benzene rings is 3. The fourth-order valence-electron chi connectivity index (χ4n) is 5.11. The Labute approximate surface area is 212 Å². The molecule has 1 aliphatic heterocycles. The van der Waals surface area contributed by atoms with E-state index in [0.29, 0.717) is 19.5 Å². The molecule has 0 spiro atoms. The molecular formula is C30H33N3O3. The number of nitrogens with zero attached hydrogens (tertiary/aromatic N) is 3. The Balaban J connectivity index is 1.36. The molecule has 1 N–H and O–H groups in total. The van der Waals surface area contributed by atoms with Gasteiger partial charge in [0.1, 0.15) is 24.3 Å². The number of fused-ring (bicyclic) bond motifs is 1. The quantitative estimate of drug-likeness (QED) is 0.375. The third-order valence-corrected chi connectivity index (χ3v) is 6.86. The van der Waals surface area contributed by atoms with Gasteiger partial charge in [-0.25, -0.2) is 4.98 Å². The van der Waals surface area contributed by atoms with E-state index in [0.717, 1.165) is 45.8 Å². The van der Waals surface area contributed by atoms with Gasteiger partial charge in [-0.05, 0) is 73.4 Å². The summed E-state index contributed by atoms with van der Waals surface area (Å²) < 4.78 is 7.98. The number of amides is 1. The van der Waals surface area contributed by atoms with Crippen LogP contribution >= 0.6 is 0 Å². The van der Waals surface area contributed by atoms with E-state index in [4.69, 9.17) is 9.72 Å². The minimum Gasteiger partial charge on any atom is -0.491 e. The first kappa shape index (κ1) is 24.1. The van der Waals surface area contributed by atoms with E-state index in [9.17, 15) is 9.90 Å². The first-order valence-corrected chi connectivity index (χ1v) is 12.6. The maximum absolute atomic E-state index is 13.0. The molecule has 4 aromatic rings. The molecule has 5 rings (SSSR count). The number of imidazole rings is 1. The maximum Gasteiger partial charge on any atom is 0.227 e. The van der Waals surface area contributed by atoms with E-state index in [-0.39, 0.29) is 18.4 Å². The molecule has 1 amide bonds. The number of ether oxygens (including phenoxy) is 1. The van der Waals surface area contributed by atoms with Gasteiger partial charge in [-0.3, -0.25) is 4.79 Å². The zero-order valence-corrected chi connectivity index (χ0v) is 21.1. The molecule has 3 aromatic carbocycles. The summed E-state index contributed by atoms with van der Waals surface area (Å²) in [5.41, 5.74) is 6.25. The highest BCUT2D eigenvalue weighted by Crippen LogP contribution is 2.33. The van der Waals surface area contributed by atoms with Crippen molar-refractivity contribution in [2.24, 2.45) is 0 Å². The van der Waals surface area contributed by atoms with Gasteiger partial charge in [0.15, 0.2) is 0 Å². The molecule has 0 bridgehead atoms. The predicted octanol–water partition coefficient (Wildman–Crippen LogP) is 5.18. The fourth-order valence-corrected chi connectivity index (χ4v) is 5.11. The Morgan fingerprint density at radius 2 is 1.78 bits per heavy atom. The smallest absolute Gasteiger partial charge is 0.227 e. The van der Waals surface area contributed by atoms with Crippen LogP contribution in [-0.2, 0) is 17.8 Å². The summed E-state index contributed by atoms with van der Waals surface area (Å²) in [5, 5.41) is 10.9. The first-order valence-electron chi connectivity index (χ1n) is 12.6. The summed E-state index contributed by atoms with van der Waals surface area (Å²) >= 11 is 0. The Bertz CT molecular complexity index is 1360. The summed E-state index contributed by atoms with van der Waals surface area (Å²) in [4.78, 5) is 19.8. The lowest BCUT2D eigenvalue weighted by molar-refractivity contribution is -0.117. The normalized spacial score (nSPS) is 16.6. The summed E-state index contributed by atoms with van der Waals surface area (Å²) in [6.07, 6.45) is 0.640. The maximum atomic E-state index is 13.0. The van der Waals surface area contributed by atoms with Crippen LogP contribution in [-0.4, -0.2) is 39.8 Å². The molecule has 0 radical (unpaired) electrons. The molecule has 1 aromatic heterocycles. The average Bonchev–Trinajstić information content (AvgIpc) is 3.43. The standard InChI is InChI=1S/C30H33N3O3/c1-4-22-9-11-24(12-10-22)32-17-23(16-29(32)35)30-31-27-7-5-6-8-28(27)33(30)18-25(34)19-36-26-14-20(2)13-21(3)15-26/h5-15,23,25,34H,4,16-19H2,1-3H3/t23-,25-/m0/s1. The zero-order valence-electron chi connectivity index (χ0n) is 21.1. The number of hydrogen-bond donors (Lipinski definition) is 1. The average molecular weight is 484 g/mol. The van der Waals surface area contributed by atoms with E-state index >= 15 is 0 Å². The molecule has 2 atom stereocenters. The Morgan fingerprint density at radius 1 is 1.06 bits per heavy atom. The van der Waals surface area contributed by atoms with Gasteiger partial charge in [0, 0.05) is 24.6 Å². The molecule has 1 aliphatic rings. The molecule has 36 heavy (non-hydrogen) atoms. The molecular weight excluding hydrogens is 450 g/mol. The Morgan fingerprint density at radius 3 is 2.50 bits per heavy atom. The summed E-state index contributed by atoms with van der Waals surface area (Å²) in [7, 11) is 0. The SMILES string of the molecule is CCc1ccc(N2C[C@@H](c3nc4ccccc4n3C[C@H](O)COc3cc(C)cc(C)c3)CC2=O)cc1. The number of aliphatic hydroxyl groups is 1. The molecule has 1 fully saturated rings. The van der Waals surface area contributed by atoms with Crippen LogP contribution in [0.4, 0.5) is 5.69 Å². The largest absolute Gasteiger partial charge is 0.491 e. The van der Waals surface area contributed by atoms with Gasteiger partial charge in [-0.2, -0.15) is 0 Å². The number of aromatic nitrogens is 2. The highest BCUT2D eigenvalue weighted by Gasteiger charge is 2.35. The number of aliphatic hydroxyl groups excluding tert-OH is 1. The van der Waals surface area contributed by atoms with E-state index in [1.54, 1.807) is 0 Å². The third-order valence-electron chi connectivity index (χ3n) is 6.86. The monoisotopic (exact) mass is 483 g/mol. The first-order chi connectivity index (χ1) is 17.4. The fraction of sp³-hybridized carbons (Fsp3) is 0.333. The van der Waals surface area contributed by atoms with Gasteiger partial charge in [-0.15, -0.1) is 0 Å². The minimum atomic E-state index is -0.725. The van der Waals surface area contributed by atoms with Crippen molar-refractivity contribution in [1.29, 1.82) is 0 Å². The number of anilines is 1. The number of aryl methyl sites for hydroxylation is 3. The van der Waals surface area contributed by atoms with Crippen LogP contribution in [0.5, 0.6) is 5.75 Å². The van der Waals surface area contributed by atoms with Crippen LogP contribution in [0.2, 0.25) is 0 Å². The highest BCUT2D eigenvalue weighted by atomic mass is 16.5. The van der Waals surface area contributed by atoms with Crippen LogP contribution in [0.3, 0.4) is 0 Å². The number of carbonyl (C=O) groups is 1. The second-order valence-corrected chi connectivity index (χ2v) is 9.78. The predicted molar refractivity (Wildman–Crippen MR) is 143 cm³/mol. The van der Waals surface area contributed by atoms with Crippen molar-refractivity contribution in [3.8, 4) is 5.75 Å². The number of carbonyl (C=O) groups excluding carboxylic acids is 1. The molecule has 2 heterocycles. The highest BCUT2D eigenvalue weighted by molar-refractivity contribution is 5.96. The Hall–Kier alpha value is -3.64. The number of hydrogen-bond acceptors (Lipinski definition) is 4. The van der Waals surface area contributed by atoms with Crippen molar-refractivity contribution in [2.45, 2.75) is 52.2 Å². The lowest BCUT2D eigenvalue weighted by Crippen LogP contribution is -2.26. The van der Waals surface area contributed by atoms with E-state index < -0.39 is 6.10 Å². The second-order valence-electron chi connectivity index (χ2n) is 9.78. The molecule has 1 saturated heterocycles. The van der Waals surface area contributed by atoms with Crippen LogP contribution in [0.15, 0.2) is 66.7 Å². The van der Waals surface area contributed by atoms with Gasteiger partial charge < -0.3 is 19.3 Å². The number of rotatable bonds is 8. The van der Waals surface area contributed by atoms with Crippen LogP contribution in [0, 0.1) is 13.8 Å². The van der Waals surface area contributed by atoms with Gasteiger partial charge in [0.05, 0.1) is 17.6 Å². The summed E-state index contributed by atoms with van der Waals surface area (Å²) in [6, 6.07) is 22.2. The van der Waals surface area contributed by atoms with Crippen molar-refractivity contribution in [2.75, 3.05) is 18.1 Å². The molecule has 0 unspecified atom stereocenters. The topological polar surface area (TPSA) is 67.6 Å². The lowest BCUT2D eigenvalue weighted by atomic mass is 10.1. The van der Waals surface area contributed by atoms with Gasteiger partial charge in [0.25, 0.3) is 0 Å². The minimum absolute atomic E-state index is 0.0525. The molecule has 186 valence electrons. The van der Waals surface area contributed by atoms with Crippen molar-refractivity contribution in [1.82, 2.24) is 9.55 Å². The molecule has 6 nitrogen and oxygen atoms in total. The van der Waals surface area contributed by atoms with Crippen LogP contribution in [0.25, 0.3) is 11.0 Å².